The minimum Gasteiger partial charge on any atom is -0.273 e. The van der Waals surface area contributed by atoms with Gasteiger partial charge in [0.2, 0.25) is 5.91 Å². The summed E-state index contributed by atoms with van der Waals surface area (Å²) in [6, 6.07) is 22.2. The molecule has 3 atom stereocenters. The number of aryl methyl sites for hydroxylation is 1. The van der Waals surface area contributed by atoms with E-state index in [0.717, 1.165) is 21.7 Å². The summed E-state index contributed by atoms with van der Waals surface area (Å²) in [5.41, 5.74) is 2.89. The van der Waals surface area contributed by atoms with E-state index in [4.69, 9.17) is 4.84 Å². The quantitative estimate of drug-likeness (QED) is 0.617. The van der Waals surface area contributed by atoms with Gasteiger partial charge in [0.05, 0.1) is 17.4 Å². The lowest BCUT2D eigenvalue weighted by Gasteiger charge is -2.29. The van der Waals surface area contributed by atoms with E-state index in [-0.39, 0.29) is 11.6 Å². The Morgan fingerprint density at radius 1 is 0.833 bits per heavy atom. The number of hydroxylamine groups is 1. The highest BCUT2D eigenvalue weighted by Gasteiger charge is 2.60. The molecule has 0 aromatic heterocycles. The minimum atomic E-state index is -0.967. The lowest BCUT2D eigenvalue weighted by molar-refractivity contribution is -0.126. The van der Waals surface area contributed by atoms with Crippen molar-refractivity contribution in [3.05, 3.63) is 95.8 Å². The predicted octanol–water partition coefficient (Wildman–Crippen LogP) is 4.19. The number of nitrogens with zero attached hydrogens (tertiary/aromatic N) is 2. The van der Waals surface area contributed by atoms with E-state index in [0.29, 0.717) is 0 Å². The zero-order chi connectivity index (χ0) is 20.8. The Kier molecular flexibility index (Phi) is 4.37. The Labute approximate surface area is 173 Å². The van der Waals surface area contributed by atoms with Crippen molar-refractivity contribution in [1.82, 2.24) is 0 Å². The van der Waals surface area contributed by atoms with Crippen LogP contribution in [0.15, 0.2) is 78.9 Å². The predicted molar refractivity (Wildman–Crippen MR) is 110 cm³/mol. The third-order valence-electron chi connectivity index (χ3n) is 5.70. The second kappa shape index (κ2) is 7.07. The molecule has 0 aliphatic carbocycles. The van der Waals surface area contributed by atoms with E-state index in [1.54, 1.807) is 11.1 Å². The molecular weight excluding hydrogens is 383 g/mol. The van der Waals surface area contributed by atoms with Crippen LogP contribution in [0, 0.1) is 18.7 Å². The zero-order valence-electron chi connectivity index (χ0n) is 16.2. The van der Waals surface area contributed by atoms with Gasteiger partial charge in [-0.1, -0.05) is 48.5 Å². The smallest absolute Gasteiger partial charge is 0.266 e. The summed E-state index contributed by atoms with van der Waals surface area (Å²) < 4.78 is 13.8. The molecule has 2 aliphatic heterocycles. The molecule has 2 fully saturated rings. The number of hydrogen-bond donors (Lipinski definition) is 0. The molecule has 3 aromatic carbocycles. The standard InChI is InChI=1S/C24H19FN2O3/c1-15-8-5-6-13-19(15)21-20-22(30-27(21)17-10-3-2-4-11-17)24(29)26(23(20)28)18-12-7-9-16(25)14-18/h2-14,20-22H,1H3/t20-,21+,22+/m1/s1. The van der Waals surface area contributed by atoms with Gasteiger partial charge in [-0.3, -0.25) is 14.4 Å². The first-order chi connectivity index (χ1) is 14.6. The maximum atomic E-state index is 13.8. The molecule has 2 saturated heterocycles. The Bertz CT molecular complexity index is 1130. The Morgan fingerprint density at radius 3 is 2.27 bits per heavy atom. The Hall–Kier alpha value is -3.51. The van der Waals surface area contributed by atoms with Gasteiger partial charge in [-0.25, -0.2) is 14.4 Å². The van der Waals surface area contributed by atoms with E-state index in [9.17, 15) is 14.0 Å². The molecule has 0 saturated carbocycles. The van der Waals surface area contributed by atoms with Crippen LogP contribution >= 0.6 is 0 Å². The zero-order valence-corrected chi connectivity index (χ0v) is 16.2. The van der Waals surface area contributed by atoms with Crippen molar-refractivity contribution in [2.24, 2.45) is 5.92 Å². The molecule has 0 radical (unpaired) electrons. The normalized spacial score (nSPS) is 23.2. The van der Waals surface area contributed by atoms with Gasteiger partial charge in [0, 0.05) is 0 Å². The van der Waals surface area contributed by atoms with Crippen LogP contribution in [0.4, 0.5) is 15.8 Å². The summed E-state index contributed by atoms with van der Waals surface area (Å²) in [6.07, 6.45) is -0.967. The topological polar surface area (TPSA) is 49.9 Å². The van der Waals surface area contributed by atoms with Crippen LogP contribution in [0.1, 0.15) is 17.2 Å². The molecule has 5 nitrogen and oxygen atoms in total. The van der Waals surface area contributed by atoms with E-state index in [1.165, 1.54) is 18.2 Å². The molecule has 0 spiro atoms. The van der Waals surface area contributed by atoms with E-state index >= 15 is 0 Å². The first-order valence-corrected chi connectivity index (χ1v) is 9.76. The fourth-order valence-electron chi connectivity index (χ4n) is 4.32. The van der Waals surface area contributed by atoms with Crippen LogP contribution in [0.3, 0.4) is 0 Å². The summed E-state index contributed by atoms with van der Waals surface area (Å²) in [4.78, 5) is 33.8. The van der Waals surface area contributed by atoms with Gasteiger partial charge in [-0.15, -0.1) is 0 Å². The van der Waals surface area contributed by atoms with Crippen LogP contribution in [-0.2, 0) is 14.4 Å². The summed E-state index contributed by atoms with van der Waals surface area (Å²) in [7, 11) is 0. The monoisotopic (exact) mass is 402 g/mol. The number of fused-ring (bicyclic) bond motifs is 1. The largest absolute Gasteiger partial charge is 0.273 e. The number of carbonyl (C=O) groups is 2. The molecule has 30 heavy (non-hydrogen) atoms. The second-order valence-corrected chi connectivity index (χ2v) is 7.51. The number of benzene rings is 3. The average molecular weight is 402 g/mol. The SMILES string of the molecule is Cc1ccccc1[C@H]1[C@H]2C(=O)N(c3cccc(F)c3)C(=O)[C@H]2ON1c1ccccc1. The van der Waals surface area contributed by atoms with Crippen molar-refractivity contribution >= 4 is 23.2 Å². The number of anilines is 2. The first-order valence-electron chi connectivity index (χ1n) is 9.76. The van der Waals surface area contributed by atoms with Gasteiger partial charge in [0.25, 0.3) is 5.91 Å². The van der Waals surface area contributed by atoms with E-state index in [2.05, 4.69) is 0 Å². The molecule has 2 aliphatic rings. The number of hydrogen-bond acceptors (Lipinski definition) is 4. The second-order valence-electron chi connectivity index (χ2n) is 7.51. The summed E-state index contributed by atoms with van der Waals surface area (Å²) in [5, 5.41) is 1.66. The lowest BCUT2D eigenvalue weighted by atomic mass is 9.88. The van der Waals surface area contributed by atoms with E-state index < -0.39 is 29.8 Å². The van der Waals surface area contributed by atoms with Crippen molar-refractivity contribution in [2.45, 2.75) is 19.1 Å². The van der Waals surface area contributed by atoms with Gasteiger partial charge in [-0.2, -0.15) is 0 Å². The lowest BCUT2D eigenvalue weighted by Crippen LogP contribution is -2.37. The van der Waals surface area contributed by atoms with Crippen LogP contribution in [-0.4, -0.2) is 17.9 Å². The van der Waals surface area contributed by atoms with Gasteiger partial charge in [-0.05, 0) is 48.4 Å². The highest BCUT2D eigenvalue weighted by molar-refractivity contribution is 6.23. The summed E-state index contributed by atoms with van der Waals surface area (Å²) in [6.45, 7) is 1.97. The van der Waals surface area contributed by atoms with Crippen molar-refractivity contribution in [2.75, 3.05) is 9.96 Å². The number of halogens is 1. The van der Waals surface area contributed by atoms with Crippen LogP contribution in [0.2, 0.25) is 0 Å². The highest BCUT2D eigenvalue weighted by Crippen LogP contribution is 2.48. The highest BCUT2D eigenvalue weighted by atomic mass is 19.1. The van der Waals surface area contributed by atoms with Crippen LogP contribution in [0.25, 0.3) is 0 Å². The fraction of sp³-hybridized carbons (Fsp3) is 0.167. The molecule has 6 heteroatoms. The summed E-state index contributed by atoms with van der Waals surface area (Å²) in [5.74, 6) is -2.11. The van der Waals surface area contributed by atoms with Gasteiger partial charge < -0.3 is 0 Å². The number of carbonyl (C=O) groups excluding carboxylic acids is 2. The minimum absolute atomic E-state index is 0.220. The number of imide groups is 1. The van der Waals surface area contributed by atoms with Crippen LogP contribution < -0.4 is 9.96 Å². The maximum absolute atomic E-state index is 13.8. The van der Waals surface area contributed by atoms with Gasteiger partial charge in [0.15, 0.2) is 6.10 Å². The summed E-state index contributed by atoms with van der Waals surface area (Å²) >= 11 is 0. The van der Waals surface area contributed by atoms with Crippen molar-refractivity contribution in [1.29, 1.82) is 0 Å². The third-order valence-corrected chi connectivity index (χ3v) is 5.70. The number of rotatable bonds is 3. The Morgan fingerprint density at radius 2 is 1.53 bits per heavy atom. The molecule has 5 rings (SSSR count). The van der Waals surface area contributed by atoms with E-state index in [1.807, 2.05) is 61.5 Å². The number of amides is 2. The van der Waals surface area contributed by atoms with Crippen molar-refractivity contribution in [3.63, 3.8) is 0 Å². The van der Waals surface area contributed by atoms with Crippen molar-refractivity contribution < 1.29 is 18.8 Å². The molecule has 2 heterocycles. The third kappa shape index (κ3) is 2.80. The average Bonchev–Trinajstić information content (AvgIpc) is 3.25. The first kappa shape index (κ1) is 18.5. The molecule has 2 amide bonds. The maximum Gasteiger partial charge on any atom is 0.266 e. The van der Waals surface area contributed by atoms with Crippen molar-refractivity contribution in [3.8, 4) is 0 Å². The molecule has 3 aromatic rings. The number of para-hydroxylation sites is 1. The van der Waals surface area contributed by atoms with Gasteiger partial charge >= 0.3 is 0 Å². The van der Waals surface area contributed by atoms with Gasteiger partial charge in [0.1, 0.15) is 11.7 Å². The molecule has 150 valence electrons. The molecule has 0 unspecified atom stereocenters. The fourth-order valence-corrected chi connectivity index (χ4v) is 4.32. The molecular formula is C24H19FN2O3. The Balaban J connectivity index is 1.61. The van der Waals surface area contributed by atoms with Crippen LogP contribution in [0.5, 0.6) is 0 Å². The molecule has 0 N–H and O–H groups in total. The molecule has 0 bridgehead atoms.